The SMILES string of the molecule is CC(C)N(CC(=O)NC(=O)NC1CCCC1)Cc1ccccc1. The molecule has 1 saturated carbocycles. The Morgan fingerprint density at radius 3 is 2.43 bits per heavy atom. The standard InChI is InChI=1S/C18H27N3O2/c1-14(2)21(12-15-8-4-3-5-9-15)13-17(22)20-18(23)19-16-10-6-7-11-16/h3-5,8-9,14,16H,6-7,10-13H2,1-2H3,(H2,19,20,22,23). The van der Waals surface area contributed by atoms with Crippen molar-refractivity contribution in [2.45, 2.75) is 58.2 Å². The largest absolute Gasteiger partial charge is 0.335 e. The first kappa shape index (κ1) is 17.5. The van der Waals surface area contributed by atoms with Gasteiger partial charge in [-0.25, -0.2) is 4.79 Å². The van der Waals surface area contributed by atoms with E-state index in [9.17, 15) is 9.59 Å². The molecule has 0 saturated heterocycles. The second-order valence-corrected chi connectivity index (χ2v) is 6.49. The summed E-state index contributed by atoms with van der Waals surface area (Å²) in [4.78, 5) is 26.0. The van der Waals surface area contributed by atoms with E-state index in [0.29, 0.717) is 6.54 Å². The average molecular weight is 317 g/mol. The number of carbonyl (C=O) groups is 2. The summed E-state index contributed by atoms with van der Waals surface area (Å²) in [6.45, 7) is 5.00. The van der Waals surface area contributed by atoms with E-state index in [0.717, 1.165) is 31.2 Å². The van der Waals surface area contributed by atoms with E-state index in [4.69, 9.17) is 0 Å². The maximum absolute atomic E-state index is 12.1. The summed E-state index contributed by atoms with van der Waals surface area (Å²) >= 11 is 0. The first-order chi connectivity index (χ1) is 11.0. The lowest BCUT2D eigenvalue weighted by Gasteiger charge is -2.25. The van der Waals surface area contributed by atoms with Crippen molar-refractivity contribution in [1.29, 1.82) is 0 Å². The number of imide groups is 1. The number of rotatable bonds is 6. The molecule has 5 nitrogen and oxygen atoms in total. The van der Waals surface area contributed by atoms with Gasteiger partial charge in [-0.05, 0) is 32.3 Å². The molecular weight excluding hydrogens is 290 g/mol. The molecule has 0 spiro atoms. The molecule has 1 fully saturated rings. The lowest BCUT2D eigenvalue weighted by Crippen LogP contribution is -2.47. The molecule has 1 aliphatic carbocycles. The summed E-state index contributed by atoms with van der Waals surface area (Å²) in [6, 6.07) is 10.1. The van der Waals surface area contributed by atoms with E-state index >= 15 is 0 Å². The third-order valence-electron chi connectivity index (χ3n) is 4.25. The van der Waals surface area contributed by atoms with Crippen molar-refractivity contribution >= 4 is 11.9 Å². The highest BCUT2D eigenvalue weighted by Crippen LogP contribution is 2.17. The van der Waals surface area contributed by atoms with Crippen LogP contribution >= 0.6 is 0 Å². The van der Waals surface area contributed by atoms with Gasteiger partial charge in [0.25, 0.3) is 0 Å². The van der Waals surface area contributed by atoms with Crippen LogP contribution in [0, 0.1) is 0 Å². The number of carbonyl (C=O) groups excluding carboxylic acids is 2. The minimum atomic E-state index is -0.370. The summed E-state index contributed by atoms with van der Waals surface area (Å²) in [5.74, 6) is -0.259. The zero-order valence-electron chi connectivity index (χ0n) is 14.0. The molecule has 23 heavy (non-hydrogen) atoms. The molecule has 0 unspecified atom stereocenters. The summed E-state index contributed by atoms with van der Waals surface area (Å²) < 4.78 is 0. The Morgan fingerprint density at radius 1 is 1.17 bits per heavy atom. The molecule has 0 atom stereocenters. The topological polar surface area (TPSA) is 61.4 Å². The fourth-order valence-corrected chi connectivity index (χ4v) is 2.88. The molecule has 1 aromatic rings. The maximum atomic E-state index is 12.1. The minimum Gasteiger partial charge on any atom is -0.335 e. The molecule has 2 rings (SSSR count). The van der Waals surface area contributed by atoms with Crippen molar-refractivity contribution in [2.75, 3.05) is 6.54 Å². The van der Waals surface area contributed by atoms with E-state index in [1.54, 1.807) is 0 Å². The molecule has 3 amide bonds. The summed E-state index contributed by atoms with van der Waals surface area (Å²) in [5.41, 5.74) is 1.16. The van der Waals surface area contributed by atoms with Crippen LogP contribution in [-0.4, -0.2) is 35.5 Å². The van der Waals surface area contributed by atoms with Gasteiger partial charge in [-0.15, -0.1) is 0 Å². The fraction of sp³-hybridized carbons (Fsp3) is 0.556. The summed E-state index contributed by atoms with van der Waals surface area (Å²) in [7, 11) is 0. The van der Waals surface area contributed by atoms with Gasteiger partial charge in [-0.2, -0.15) is 0 Å². The first-order valence-electron chi connectivity index (χ1n) is 8.43. The van der Waals surface area contributed by atoms with Gasteiger partial charge < -0.3 is 5.32 Å². The van der Waals surface area contributed by atoms with Crippen LogP contribution in [0.15, 0.2) is 30.3 Å². The van der Waals surface area contributed by atoms with Crippen LogP contribution in [-0.2, 0) is 11.3 Å². The number of benzene rings is 1. The maximum Gasteiger partial charge on any atom is 0.321 e. The zero-order valence-corrected chi connectivity index (χ0v) is 14.0. The first-order valence-corrected chi connectivity index (χ1v) is 8.43. The molecule has 5 heteroatoms. The number of urea groups is 1. The van der Waals surface area contributed by atoms with E-state index in [1.807, 2.05) is 35.2 Å². The van der Waals surface area contributed by atoms with Gasteiger partial charge in [0.05, 0.1) is 6.54 Å². The van der Waals surface area contributed by atoms with Crippen LogP contribution in [0.5, 0.6) is 0 Å². The Labute approximate surface area is 138 Å². The van der Waals surface area contributed by atoms with E-state index in [1.165, 1.54) is 0 Å². The molecule has 0 heterocycles. The van der Waals surface area contributed by atoms with Gasteiger partial charge in [-0.3, -0.25) is 15.0 Å². The number of hydrogen-bond donors (Lipinski definition) is 2. The van der Waals surface area contributed by atoms with Crippen molar-refractivity contribution in [2.24, 2.45) is 0 Å². The van der Waals surface area contributed by atoms with Crippen LogP contribution < -0.4 is 10.6 Å². The number of hydrogen-bond acceptors (Lipinski definition) is 3. The molecule has 0 bridgehead atoms. The van der Waals surface area contributed by atoms with Gasteiger partial charge in [0.2, 0.25) is 5.91 Å². The third-order valence-corrected chi connectivity index (χ3v) is 4.25. The average Bonchev–Trinajstić information content (AvgIpc) is 3.00. The Bertz CT molecular complexity index is 510. The third kappa shape index (κ3) is 6.02. The van der Waals surface area contributed by atoms with Crippen molar-refractivity contribution < 1.29 is 9.59 Å². The predicted octanol–water partition coefficient (Wildman–Crippen LogP) is 2.67. The van der Waals surface area contributed by atoms with Crippen molar-refractivity contribution in [3.05, 3.63) is 35.9 Å². The van der Waals surface area contributed by atoms with Gasteiger partial charge in [0.15, 0.2) is 0 Å². The van der Waals surface area contributed by atoms with E-state index in [2.05, 4.69) is 24.5 Å². The monoisotopic (exact) mass is 317 g/mol. The summed E-state index contributed by atoms with van der Waals surface area (Å²) in [5, 5.41) is 5.32. The van der Waals surface area contributed by atoms with Gasteiger partial charge in [0.1, 0.15) is 0 Å². The van der Waals surface area contributed by atoms with Crippen LogP contribution in [0.1, 0.15) is 45.1 Å². The zero-order chi connectivity index (χ0) is 16.7. The lowest BCUT2D eigenvalue weighted by atomic mass is 10.2. The van der Waals surface area contributed by atoms with Gasteiger partial charge in [-0.1, -0.05) is 43.2 Å². The minimum absolute atomic E-state index is 0.213. The van der Waals surface area contributed by atoms with Crippen LogP contribution in [0.4, 0.5) is 4.79 Å². The van der Waals surface area contributed by atoms with Gasteiger partial charge >= 0.3 is 6.03 Å². The number of amides is 3. The molecule has 0 radical (unpaired) electrons. The fourth-order valence-electron chi connectivity index (χ4n) is 2.88. The van der Waals surface area contributed by atoms with Crippen molar-refractivity contribution in [3.63, 3.8) is 0 Å². The van der Waals surface area contributed by atoms with E-state index < -0.39 is 0 Å². The lowest BCUT2D eigenvalue weighted by molar-refractivity contribution is -0.121. The highest BCUT2D eigenvalue weighted by atomic mass is 16.2. The molecular formula is C18H27N3O2. The molecule has 1 aromatic carbocycles. The Kier molecular flexibility index (Phi) is 6.59. The smallest absolute Gasteiger partial charge is 0.321 e. The quantitative estimate of drug-likeness (QED) is 0.848. The molecule has 2 N–H and O–H groups in total. The van der Waals surface area contributed by atoms with Crippen LogP contribution in [0.2, 0.25) is 0 Å². The Balaban J connectivity index is 1.81. The van der Waals surface area contributed by atoms with Crippen LogP contribution in [0.3, 0.4) is 0 Å². The second-order valence-electron chi connectivity index (χ2n) is 6.49. The highest BCUT2D eigenvalue weighted by Gasteiger charge is 2.20. The Hall–Kier alpha value is -1.88. The normalized spacial score (nSPS) is 15.1. The van der Waals surface area contributed by atoms with Crippen molar-refractivity contribution in [3.8, 4) is 0 Å². The summed E-state index contributed by atoms with van der Waals surface area (Å²) in [6.07, 6.45) is 4.32. The molecule has 0 aliphatic heterocycles. The predicted molar refractivity (Wildman–Crippen MR) is 90.9 cm³/mol. The Morgan fingerprint density at radius 2 is 1.83 bits per heavy atom. The molecule has 1 aliphatic rings. The number of nitrogens with one attached hydrogen (secondary N) is 2. The molecule has 126 valence electrons. The second kappa shape index (κ2) is 8.67. The van der Waals surface area contributed by atoms with E-state index in [-0.39, 0.29) is 30.6 Å². The van der Waals surface area contributed by atoms with Crippen molar-refractivity contribution in [1.82, 2.24) is 15.5 Å². The number of nitrogens with zero attached hydrogens (tertiary/aromatic N) is 1. The van der Waals surface area contributed by atoms with Crippen LogP contribution in [0.25, 0.3) is 0 Å². The molecule has 0 aromatic heterocycles. The van der Waals surface area contributed by atoms with Gasteiger partial charge in [0, 0.05) is 18.6 Å². The highest BCUT2D eigenvalue weighted by molar-refractivity contribution is 5.95.